The fourth-order valence-corrected chi connectivity index (χ4v) is 1.13. The number of carbonyl (C=O) groups is 1. The highest BCUT2D eigenvalue weighted by atomic mass is 35.5. The molecule has 0 aliphatic carbocycles. The molecule has 0 spiro atoms. The Morgan fingerprint density at radius 1 is 1.39 bits per heavy atom. The zero-order chi connectivity index (χ0) is 12.9. The summed E-state index contributed by atoms with van der Waals surface area (Å²) in [5.74, 6) is -3.06. The van der Waals surface area contributed by atoms with E-state index in [0.29, 0.717) is 11.3 Å². The predicted molar refractivity (Wildman–Crippen MR) is 66.6 cm³/mol. The largest absolute Gasteiger partial charge is 0.497 e. The minimum absolute atomic E-state index is 0. The number of ether oxygens (including phenoxy) is 1. The number of rotatable bonds is 5. The molecular formula is C11H15ClF2N2O2. The first kappa shape index (κ1) is 16.6. The Balaban J connectivity index is 0.00000289. The van der Waals surface area contributed by atoms with Crippen molar-refractivity contribution in [2.24, 2.45) is 5.73 Å². The van der Waals surface area contributed by atoms with E-state index in [9.17, 15) is 13.6 Å². The molecule has 0 aromatic heterocycles. The van der Waals surface area contributed by atoms with Crippen LogP contribution in [0.2, 0.25) is 0 Å². The number of nitrogens with one attached hydrogen (secondary N) is 1. The average molecular weight is 281 g/mol. The molecule has 4 nitrogen and oxygen atoms in total. The van der Waals surface area contributed by atoms with E-state index in [1.165, 1.54) is 19.2 Å². The van der Waals surface area contributed by atoms with Crippen molar-refractivity contribution < 1.29 is 18.3 Å². The lowest BCUT2D eigenvalue weighted by Gasteiger charge is -2.14. The highest BCUT2D eigenvalue weighted by Crippen LogP contribution is 2.12. The number of nitrogens with two attached hydrogens (primary N) is 1. The van der Waals surface area contributed by atoms with Gasteiger partial charge in [-0.2, -0.15) is 0 Å². The van der Waals surface area contributed by atoms with E-state index in [0.717, 1.165) is 0 Å². The van der Waals surface area contributed by atoms with Crippen molar-refractivity contribution in [3.05, 3.63) is 29.8 Å². The van der Waals surface area contributed by atoms with Crippen LogP contribution in [0.3, 0.4) is 0 Å². The lowest BCUT2D eigenvalue weighted by atomic mass is 10.2. The highest BCUT2D eigenvalue weighted by molar-refractivity contribution is 5.94. The van der Waals surface area contributed by atoms with Gasteiger partial charge in [-0.25, -0.2) is 8.78 Å². The minimum atomic E-state index is -3.08. The maximum Gasteiger partial charge on any atom is 0.277 e. The second kappa shape index (κ2) is 7.13. The molecule has 0 unspecified atom stereocenters. The summed E-state index contributed by atoms with van der Waals surface area (Å²) in [5.41, 5.74) is 5.14. The van der Waals surface area contributed by atoms with Gasteiger partial charge in [-0.15, -0.1) is 12.4 Å². The normalized spacial score (nSPS) is 10.4. The first-order valence-corrected chi connectivity index (χ1v) is 4.98. The van der Waals surface area contributed by atoms with Crippen molar-refractivity contribution in [3.8, 4) is 5.75 Å². The molecule has 3 N–H and O–H groups in total. The van der Waals surface area contributed by atoms with Gasteiger partial charge in [-0.05, 0) is 24.3 Å². The smallest absolute Gasteiger partial charge is 0.277 e. The summed E-state index contributed by atoms with van der Waals surface area (Å²) in [4.78, 5) is 11.5. The van der Waals surface area contributed by atoms with Gasteiger partial charge in [-0.1, -0.05) is 0 Å². The van der Waals surface area contributed by atoms with E-state index < -0.39 is 24.9 Å². The highest BCUT2D eigenvalue weighted by Gasteiger charge is 2.27. The Morgan fingerprint density at radius 3 is 2.39 bits per heavy atom. The second-order valence-corrected chi connectivity index (χ2v) is 3.47. The van der Waals surface area contributed by atoms with Gasteiger partial charge in [0.1, 0.15) is 5.75 Å². The molecule has 1 aromatic rings. The first-order valence-electron chi connectivity index (χ1n) is 4.98. The first-order chi connectivity index (χ1) is 7.98. The molecule has 0 bridgehead atoms. The van der Waals surface area contributed by atoms with Crippen LogP contribution >= 0.6 is 12.4 Å². The molecule has 0 aliphatic heterocycles. The Morgan fingerprint density at radius 2 is 1.94 bits per heavy atom. The van der Waals surface area contributed by atoms with Crippen LogP contribution in [0.4, 0.5) is 8.78 Å². The maximum atomic E-state index is 12.8. The van der Waals surface area contributed by atoms with Crippen LogP contribution in [0.25, 0.3) is 0 Å². The molecule has 1 rings (SSSR count). The van der Waals surface area contributed by atoms with Gasteiger partial charge < -0.3 is 15.8 Å². The van der Waals surface area contributed by atoms with Gasteiger partial charge in [0.2, 0.25) is 0 Å². The number of benzene rings is 1. The summed E-state index contributed by atoms with van der Waals surface area (Å²) in [5, 5.41) is 2.12. The van der Waals surface area contributed by atoms with E-state index in [2.05, 4.69) is 5.32 Å². The summed E-state index contributed by atoms with van der Waals surface area (Å²) in [6, 6.07) is 6.15. The fraction of sp³-hybridized carbons (Fsp3) is 0.364. The van der Waals surface area contributed by atoms with Crippen LogP contribution in [0.1, 0.15) is 10.4 Å². The summed E-state index contributed by atoms with van der Waals surface area (Å²) >= 11 is 0. The van der Waals surface area contributed by atoms with E-state index >= 15 is 0 Å². The Hall–Kier alpha value is -1.40. The van der Waals surface area contributed by atoms with Gasteiger partial charge >= 0.3 is 0 Å². The predicted octanol–water partition coefficient (Wildman–Crippen LogP) is 1.44. The molecule has 0 radical (unpaired) electrons. The van der Waals surface area contributed by atoms with Crippen molar-refractivity contribution in [2.75, 3.05) is 20.2 Å². The monoisotopic (exact) mass is 280 g/mol. The standard InChI is InChI=1S/C11H14F2N2O2.ClH/c1-17-9-4-2-8(3-5-9)10(16)15-7-11(12,13)6-14;/h2-5H,6-7,14H2,1H3,(H,15,16);1H. The number of halogens is 3. The number of carbonyl (C=O) groups excluding carboxylic acids is 1. The summed E-state index contributed by atoms with van der Waals surface area (Å²) in [7, 11) is 1.50. The van der Waals surface area contributed by atoms with Crippen LogP contribution < -0.4 is 15.8 Å². The Kier molecular flexibility index (Phi) is 6.57. The third-order valence-corrected chi connectivity index (χ3v) is 2.16. The Bertz CT molecular complexity index is 385. The van der Waals surface area contributed by atoms with Crippen molar-refractivity contribution >= 4 is 18.3 Å². The molecule has 0 aliphatic rings. The molecule has 0 atom stereocenters. The number of methoxy groups -OCH3 is 1. The summed E-state index contributed by atoms with van der Waals surface area (Å²) in [6.45, 7) is -1.57. The van der Waals surface area contributed by atoms with Gasteiger partial charge in [-0.3, -0.25) is 4.79 Å². The third-order valence-electron chi connectivity index (χ3n) is 2.16. The van der Waals surface area contributed by atoms with E-state index in [4.69, 9.17) is 10.5 Å². The number of amides is 1. The molecule has 18 heavy (non-hydrogen) atoms. The van der Waals surface area contributed by atoms with Crippen molar-refractivity contribution in [1.29, 1.82) is 0 Å². The minimum Gasteiger partial charge on any atom is -0.497 e. The second-order valence-electron chi connectivity index (χ2n) is 3.47. The number of hydrogen-bond acceptors (Lipinski definition) is 3. The van der Waals surface area contributed by atoms with Crippen molar-refractivity contribution in [3.63, 3.8) is 0 Å². The molecule has 1 aromatic carbocycles. The summed E-state index contributed by atoms with van der Waals surface area (Å²) < 4.78 is 30.5. The lowest BCUT2D eigenvalue weighted by Crippen LogP contribution is -2.41. The molecule has 102 valence electrons. The van der Waals surface area contributed by atoms with E-state index in [1.807, 2.05) is 0 Å². The molecule has 0 fully saturated rings. The van der Waals surface area contributed by atoms with Crippen LogP contribution in [-0.4, -0.2) is 32.0 Å². The molecule has 0 saturated heterocycles. The zero-order valence-corrected chi connectivity index (χ0v) is 10.6. The van der Waals surface area contributed by atoms with Crippen LogP contribution in [0.15, 0.2) is 24.3 Å². The quantitative estimate of drug-likeness (QED) is 0.858. The van der Waals surface area contributed by atoms with Gasteiger partial charge in [0.25, 0.3) is 11.8 Å². The molecule has 1 amide bonds. The van der Waals surface area contributed by atoms with E-state index in [-0.39, 0.29) is 12.4 Å². The SMILES string of the molecule is COc1ccc(C(=O)NCC(F)(F)CN)cc1.Cl. The van der Waals surface area contributed by atoms with Crippen molar-refractivity contribution in [1.82, 2.24) is 5.32 Å². The Labute approximate surface area is 110 Å². The van der Waals surface area contributed by atoms with E-state index in [1.54, 1.807) is 12.1 Å². The van der Waals surface area contributed by atoms with Crippen LogP contribution in [0, 0.1) is 0 Å². The van der Waals surface area contributed by atoms with Crippen molar-refractivity contribution in [2.45, 2.75) is 5.92 Å². The molecule has 0 saturated carbocycles. The molecule has 7 heteroatoms. The third kappa shape index (κ3) is 4.85. The number of hydrogen-bond donors (Lipinski definition) is 2. The lowest BCUT2D eigenvalue weighted by molar-refractivity contribution is 0.0118. The average Bonchev–Trinajstić information content (AvgIpc) is 2.36. The molecule has 0 heterocycles. The van der Waals surface area contributed by atoms with Gasteiger partial charge in [0, 0.05) is 5.56 Å². The van der Waals surface area contributed by atoms with Gasteiger partial charge in [0.15, 0.2) is 0 Å². The van der Waals surface area contributed by atoms with Crippen LogP contribution in [-0.2, 0) is 0 Å². The van der Waals surface area contributed by atoms with Crippen LogP contribution in [0.5, 0.6) is 5.75 Å². The number of alkyl halides is 2. The van der Waals surface area contributed by atoms with Gasteiger partial charge in [0.05, 0.1) is 20.2 Å². The topological polar surface area (TPSA) is 64.3 Å². The molecular weight excluding hydrogens is 266 g/mol. The zero-order valence-electron chi connectivity index (χ0n) is 9.78. The fourth-order valence-electron chi connectivity index (χ4n) is 1.13. The summed E-state index contributed by atoms with van der Waals surface area (Å²) in [6.07, 6.45) is 0. The maximum absolute atomic E-state index is 12.8.